The minimum absolute atomic E-state index is 0.467. The molecular formula is C26H17Cl2N2O. The third-order valence-corrected chi connectivity index (χ3v) is 6.39. The number of aromatic nitrogens is 1. The summed E-state index contributed by atoms with van der Waals surface area (Å²) >= 11 is 12.7. The highest BCUT2D eigenvalue weighted by molar-refractivity contribution is 6.42. The number of nitrogens with two attached hydrogens (primary N) is 1. The quantitative estimate of drug-likeness (QED) is 0.329. The number of carbonyl (C=O) groups is 1. The highest BCUT2D eigenvalue weighted by atomic mass is 35.5. The summed E-state index contributed by atoms with van der Waals surface area (Å²) in [5.41, 5.74) is 11.0. The van der Waals surface area contributed by atoms with E-state index < -0.39 is 5.91 Å². The van der Waals surface area contributed by atoms with Crippen molar-refractivity contribution in [1.82, 2.24) is 4.57 Å². The number of hydrogen-bond donors (Lipinski definition) is 1. The van der Waals surface area contributed by atoms with Crippen molar-refractivity contribution in [3.05, 3.63) is 106 Å². The average molecular weight is 444 g/mol. The van der Waals surface area contributed by atoms with Crippen molar-refractivity contribution in [2.75, 3.05) is 0 Å². The van der Waals surface area contributed by atoms with Crippen LogP contribution in [0.3, 0.4) is 0 Å². The number of primary amides is 1. The van der Waals surface area contributed by atoms with E-state index in [9.17, 15) is 4.79 Å². The van der Waals surface area contributed by atoms with Crippen molar-refractivity contribution in [3.63, 3.8) is 0 Å². The molecule has 0 unspecified atom stereocenters. The van der Waals surface area contributed by atoms with Crippen LogP contribution in [0.1, 0.15) is 15.9 Å². The van der Waals surface area contributed by atoms with Gasteiger partial charge in [-0.3, -0.25) is 4.79 Å². The predicted molar refractivity (Wildman–Crippen MR) is 128 cm³/mol. The number of amides is 1. The van der Waals surface area contributed by atoms with Crippen LogP contribution in [-0.2, 0) is 6.54 Å². The minimum atomic E-state index is -0.467. The number of carbonyl (C=O) groups excluding carboxylic acids is 1. The molecular weight excluding hydrogens is 427 g/mol. The van der Waals surface area contributed by atoms with E-state index >= 15 is 0 Å². The smallest absolute Gasteiger partial charge is 0.249 e. The lowest BCUT2D eigenvalue weighted by atomic mass is 10.0. The Morgan fingerprint density at radius 2 is 1.68 bits per heavy atom. The van der Waals surface area contributed by atoms with Crippen LogP contribution in [0.5, 0.6) is 0 Å². The number of hydrogen-bond acceptors (Lipinski definition) is 1. The van der Waals surface area contributed by atoms with E-state index in [4.69, 9.17) is 28.9 Å². The van der Waals surface area contributed by atoms with E-state index in [-0.39, 0.29) is 0 Å². The molecule has 0 fully saturated rings. The number of fused-ring (bicyclic) bond motifs is 3. The van der Waals surface area contributed by atoms with Gasteiger partial charge in [-0.1, -0.05) is 71.7 Å². The van der Waals surface area contributed by atoms with Gasteiger partial charge in [-0.2, -0.15) is 0 Å². The molecule has 0 saturated heterocycles. The van der Waals surface area contributed by atoms with Crippen molar-refractivity contribution in [2.45, 2.75) is 6.54 Å². The molecule has 0 spiro atoms. The lowest BCUT2D eigenvalue weighted by molar-refractivity contribution is 0.100. The lowest BCUT2D eigenvalue weighted by Crippen LogP contribution is -2.11. The maximum Gasteiger partial charge on any atom is 0.249 e. The summed E-state index contributed by atoms with van der Waals surface area (Å²) < 4.78 is 2.14. The zero-order valence-electron chi connectivity index (χ0n) is 16.4. The van der Waals surface area contributed by atoms with E-state index in [1.807, 2.05) is 48.5 Å². The fourth-order valence-corrected chi connectivity index (χ4v) is 4.45. The van der Waals surface area contributed by atoms with E-state index in [0.29, 0.717) is 22.2 Å². The second kappa shape index (κ2) is 7.77. The topological polar surface area (TPSA) is 48.0 Å². The van der Waals surface area contributed by atoms with Crippen LogP contribution < -0.4 is 5.73 Å². The van der Waals surface area contributed by atoms with Crippen molar-refractivity contribution in [3.8, 4) is 11.1 Å². The molecule has 5 heteroatoms. The molecule has 31 heavy (non-hydrogen) atoms. The van der Waals surface area contributed by atoms with Crippen molar-refractivity contribution >= 4 is 50.9 Å². The third-order valence-electron chi connectivity index (χ3n) is 5.53. The van der Waals surface area contributed by atoms with Gasteiger partial charge in [-0.15, -0.1) is 0 Å². The highest BCUT2D eigenvalue weighted by Crippen LogP contribution is 2.36. The van der Waals surface area contributed by atoms with Gasteiger partial charge in [0.25, 0.3) is 0 Å². The second-order valence-electron chi connectivity index (χ2n) is 7.38. The van der Waals surface area contributed by atoms with Gasteiger partial charge in [0.05, 0.1) is 21.1 Å². The Morgan fingerprint density at radius 1 is 0.903 bits per heavy atom. The first-order chi connectivity index (χ1) is 15.0. The van der Waals surface area contributed by atoms with Gasteiger partial charge in [0, 0.05) is 22.9 Å². The maximum absolute atomic E-state index is 12.2. The Kier molecular flexibility index (Phi) is 4.93. The van der Waals surface area contributed by atoms with Crippen LogP contribution in [0.15, 0.2) is 78.9 Å². The van der Waals surface area contributed by atoms with Crippen LogP contribution in [-0.4, -0.2) is 10.5 Å². The molecule has 151 valence electrons. The zero-order valence-corrected chi connectivity index (χ0v) is 17.9. The molecule has 0 saturated carbocycles. The molecule has 2 N–H and O–H groups in total. The fraction of sp³-hybridized carbons (Fsp3) is 0.0385. The van der Waals surface area contributed by atoms with Gasteiger partial charge < -0.3 is 10.3 Å². The average Bonchev–Trinajstić information content (AvgIpc) is 3.10. The predicted octanol–water partition coefficient (Wildman–Crippen LogP) is 6.72. The molecule has 1 aromatic heterocycles. The van der Waals surface area contributed by atoms with Crippen LogP contribution in [0.25, 0.3) is 32.9 Å². The summed E-state index contributed by atoms with van der Waals surface area (Å²) in [6.45, 7) is 0.494. The van der Waals surface area contributed by atoms with E-state index in [1.165, 1.54) is 0 Å². The third kappa shape index (κ3) is 3.36. The standard InChI is InChI=1S/C26H17Cl2N2O/c27-21-10-4-8-18(25(21)28)15-30-22-11-5-9-20(26(29)31)24(22)19-13-12-17(14-23(19)30)16-6-2-1-3-7-16/h1-12,14H,15H2,(H2,29,31). The minimum Gasteiger partial charge on any atom is -0.366 e. The normalized spacial score (nSPS) is 11.3. The maximum atomic E-state index is 12.2. The molecule has 0 aliphatic rings. The molecule has 0 aliphatic heterocycles. The SMILES string of the molecule is NC(=O)c1cccc2c1c1[c]cc(-c3ccccc3)cc1n2Cc1cccc(Cl)c1Cl. The molecule has 5 aromatic rings. The molecule has 3 nitrogen and oxygen atoms in total. The Bertz CT molecular complexity index is 1460. The molecule has 1 amide bonds. The summed E-state index contributed by atoms with van der Waals surface area (Å²) in [5.74, 6) is -0.467. The number of benzene rings is 4. The fourth-order valence-electron chi connectivity index (χ4n) is 4.07. The Labute approximate surface area is 189 Å². The number of rotatable bonds is 4. The van der Waals surface area contributed by atoms with Gasteiger partial charge in [0.2, 0.25) is 5.91 Å². The van der Waals surface area contributed by atoms with Gasteiger partial charge in [0.15, 0.2) is 0 Å². The lowest BCUT2D eigenvalue weighted by Gasteiger charge is -2.11. The summed E-state index contributed by atoms with van der Waals surface area (Å²) in [7, 11) is 0. The van der Waals surface area contributed by atoms with Gasteiger partial charge in [-0.05, 0) is 53.1 Å². The van der Waals surface area contributed by atoms with Crippen LogP contribution in [0.4, 0.5) is 0 Å². The van der Waals surface area contributed by atoms with Gasteiger partial charge in [0.1, 0.15) is 0 Å². The summed E-state index contributed by atoms with van der Waals surface area (Å²) in [6.07, 6.45) is 0. The molecule has 0 aliphatic carbocycles. The van der Waals surface area contributed by atoms with Crippen molar-refractivity contribution < 1.29 is 4.79 Å². The first-order valence-corrected chi connectivity index (χ1v) is 10.5. The summed E-state index contributed by atoms with van der Waals surface area (Å²) in [6, 6.07) is 28.8. The van der Waals surface area contributed by atoms with E-state index in [0.717, 1.165) is 38.5 Å². The molecule has 1 heterocycles. The number of halogens is 2. The largest absolute Gasteiger partial charge is 0.366 e. The molecule has 4 aromatic carbocycles. The second-order valence-corrected chi connectivity index (χ2v) is 8.16. The number of nitrogens with zero attached hydrogens (tertiary/aromatic N) is 1. The first-order valence-electron chi connectivity index (χ1n) is 9.79. The first kappa shape index (κ1) is 19.7. The van der Waals surface area contributed by atoms with Crippen LogP contribution in [0.2, 0.25) is 10.0 Å². The highest BCUT2D eigenvalue weighted by Gasteiger charge is 2.18. The van der Waals surface area contributed by atoms with Crippen molar-refractivity contribution in [1.29, 1.82) is 0 Å². The summed E-state index contributed by atoms with van der Waals surface area (Å²) in [5, 5.41) is 2.67. The molecule has 0 atom stereocenters. The van der Waals surface area contributed by atoms with E-state index in [1.54, 1.807) is 12.1 Å². The summed E-state index contributed by atoms with van der Waals surface area (Å²) in [4.78, 5) is 12.2. The molecule has 1 radical (unpaired) electrons. The van der Waals surface area contributed by atoms with E-state index in [2.05, 4.69) is 28.8 Å². The Morgan fingerprint density at radius 3 is 2.45 bits per heavy atom. The Balaban J connectivity index is 1.83. The zero-order chi connectivity index (χ0) is 21.5. The van der Waals surface area contributed by atoms with Gasteiger partial charge in [-0.25, -0.2) is 0 Å². The monoisotopic (exact) mass is 443 g/mol. The van der Waals surface area contributed by atoms with Crippen LogP contribution in [0, 0.1) is 6.07 Å². The molecule has 5 rings (SSSR count). The van der Waals surface area contributed by atoms with Crippen LogP contribution >= 0.6 is 23.2 Å². The van der Waals surface area contributed by atoms with Gasteiger partial charge >= 0.3 is 0 Å². The molecule has 0 bridgehead atoms. The van der Waals surface area contributed by atoms with Crippen molar-refractivity contribution in [2.24, 2.45) is 5.73 Å². The Hall–Kier alpha value is -3.27.